The molecule has 1 amide bonds. The average Bonchev–Trinajstić information content (AvgIpc) is 2.79. The molecular weight excluding hydrogens is 344 g/mol. The molecule has 1 fully saturated rings. The van der Waals surface area contributed by atoms with Crippen LogP contribution in [0.5, 0.6) is 5.75 Å². The number of hydrogen-bond donors (Lipinski definition) is 3. The van der Waals surface area contributed by atoms with Gasteiger partial charge in [-0.3, -0.25) is 4.79 Å². The number of carbonyl (C=O) groups excluding carboxylic acids is 1. The van der Waals surface area contributed by atoms with Crippen molar-refractivity contribution < 1.29 is 9.53 Å². The highest BCUT2D eigenvalue weighted by Gasteiger charge is 2.23. The molecule has 0 unspecified atom stereocenters. The molecule has 2 aliphatic heterocycles. The van der Waals surface area contributed by atoms with Gasteiger partial charge in [-0.1, -0.05) is 0 Å². The Kier molecular flexibility index (Phi) is 4.81. The predicted octanol–water partition coefficient (Wildman–Crippen LogP) is 2.69. The highest BCUT2D eigenvalue weighted by atomic mass is 16.5. The van der Waals surface area contributed by atoms with Crippen molar-refractivity contribution in [2.24, 2.45) is 0 Å². The lowest BCUT2D eigenvalue weighted by molar-refractivity contribution is 0.102. The van der Waals surface area contributed by atoms with E-state index in [1.54, 1.807) is 12.3 Å². The van der Waals surface area contributed by atoms with Crippen LogP contribution in [0.1, 0.15) is 30.1 Å². The topological polar surface area (TPSA) is 91.4 Å². The van der Waals surface area contributed by atoms with E-state index < -0.39 is 0 Å². The fraction of sp³-hybridized carbons (Fsp3) is 0.421. The number of hydrogen-bond acceptors (Lipinski definition) is 7. The number of carbonyl (C=O) groups is 1. The highest BCUT2D eigenvalue weighted by molar-refractivity contribution is 6.11. The number of fused-ring (bicyclic) bond motifs is 2. The average molecular weight is 368 g/mol. The summed E-state index contributed by atoms with van der Waals surface area (Å²) in [5, 5.41) is 9.54. The normalized spacial score (nSPS) is 17.2. The van der Waals surface area contributed by atoms with Crippen LogP contribution >= 0.6 is 0 Å². The molecule has 0 aliphatic carbocycles. The van der Waals surface area contributed by atoms with E-state index >= 15 is 0 Å². The Labute approximate surface area is 158 Å². The molecule has 0 radical (unpaired) electrons. The summed E-state index contributed by atoms with van der Waals surface area (Å²) in [6, 6.07) is 5.90. The zero-order chi connectivity index (χ0) is 18.8. The van der Waals surface area contributed by atoms with Crippen LogP contribution < -0.4 is 20.7 Å². The molecule has 8 heteroatoms. The lowest BCUT2D eigenvalue weighted by Gasteiger charge is -2.29. The number of rotatable bonds is 4. The molecule has 0 saturated carbocycles. The van der Waals surface area contributed by atoms with Crippen molar-refractivity contribution in [2.75, 3.05) is 42.7 Å². The summed E-state index contributed by atoms with van der Waals surface area (Å²) in [7, 11) is 2.13. The summed E-state index contributed by atoms with van der Waals surface area (Å²) in [6.07, 6.45) is 3.67. The third-order valence-electron chi connectivity index (χ3n) is 4.89. The molecule has 1 aromatic heterocycles. The van der Waals surface area contributed by atoms with Crippen LogP contribution in [0.4, 0.5) is 23.1 Å². The van der Waals surface area contributed by atoms with Gasteiger partial charge in [-0.05, 0) is 52.0 Å². The molecule has 8 nitrogen and oxygen atoms in total. The van der Waals surface area contributed by atoms with E-state index in [0.29, 0.717) is 41.4 Å². The number of likely N-dealkylation sites (tertiary alicyclic amines) is 1. The van der Waals surface area contributed by atoms with Crippen molar-refractivity contribution in [1.29, 1.82) is 0 Å². The largest absolute Gasteiger partial charge is 0.494 e. The summed E-state index contributed by atoms with van der Waals surface area (Å²) >= 11 is 0. The molecule has 0 spiro atoms. The lowest BCUT2D eigenvalue weighted by atomic mass is 10.1. The maximum Gasteiger partial charge on any atom is 0.261 e. The van der Waals surface area contributed by atoms with Crippen LogP contribution in [0.15, 0.2) is 24.4 Å². The van der Waals surface area contributed by atoms with Crippen molar-refractivity contribution in [3.8, 4) is 5.75 Å². The van der Waals surface area contributed by atoms with Gasteiger partial charge in [0.25, 0.3) is 5.91 Å². The standard InChI is InChI=1S/C19H24N6O2/c1-3-27-13-4-5-15-16(10-13)23-18(26)14-11-20-19(24-17(14)22-15)21-12-6-8-25(2)9-7-12/h4-5,10-12H,3,6-9H2,1-2H3,(H,23,26)(H2,20,21,22,24). The second-order valence-electron chi connectivity index (χ2n) is 6.90. The molecule has 3 heterocycles. The molecule has 0 atom stereocenters. The monoisotopic (exact) mass is 368 g/mol. The second kappa shape index (κ2) is 7.40. The minimum atomic E-state index is -0.240. The third-order valence-corrected chi connectivity index (χ3v) is 4.89. The SMILES string of the molecule is CCOc1ccc2c(c1)NC(=O)c1cnc(NC3CCN(C)CC3)nc1N2. The Bertz CT molecular complexity index is 848. The molecule has 2 aromatic rings. The number of ether oxygens (including phenoxy) is 1. The van der Waals surface area contributed by atoms with Gasteiger partial charge in [0.1, 0.15) is 17.1 Å². The minimum absolute atomic E-state index is 0.240. The van der Waals surface area contributed by atoms with Crippen LogP contribution in [0, 0.1) is 0 Å². The van der Waals surface area contributed by atoms with Crippen molar-refractivity contribution in [3.05, 3.63) is 30.0 Å². The Hall–Kier alpha value is -2.87. The quantitative estimate of drug-likeness (QED) is 0.764. The molecule has 4 rings (SSSR count). The number of aromatic nitrogens is 2. The number of piperidine rings is 1. The Morgan fingerprint density at radius 2 is 2.07 bits per heavy atom. The number of benzene rings is 1. The zero-order valence-electron chi connectivity index (χ0n) is 15.6. The maximum absolute atomic E-state index is 12.6. The fourth-order valence-electron chi connectivity index (χ4n) is 3.36. The maximum atomic E-state index is 12.6. The summed E-state index contributed by atoms with van der Waals surface area (Å²) in [5.41, 5.74) is 1.85. The van der Waals surface area contributed by atoms with Crippen molar-refractivity contribution >= 4 is 29.0 Å². The predicted molar refractivity (Wildman–Crippen MR) is 105 cm³/mol. The van der Waals surface area contributed by atoms with Crippen LogP contribution in [0.25, 0.3) is 0 Å². The van der Waals surface area contributed by atoms with Crippen LogP contribution in [-0.2, 0) is 0 Å². The molecule has 1 aromatic carbocycles. The van der Waals surface area contributed by atoms with Gasteiger partial charge in [-0.2, -0.15) is 4.98 Å². The fourth-order valence-corrected chi connectivity index (χ4v) is 3.36. The second-order valence-corrected chi connectivity index (χ2v) is 6.90. The molecular formula is C19H24N6O2. The molecule has 0 bridgehead atoms. The van der Waals surface area contributed by atoms with E-state index in [0.717, 1.165) is 31.6 Å². The van der Waals surface area contributed by atoms with Crippen molar-refractivity contribution in [3.63, 3.8) is 0 Å². The van der Waals surface area contributed by atoms with E-state index in [1.165, 1.54) is 0 Å². The van der Waals surface area contributed by atoms with Gasteiger partial charge in [-0.25, -0.2) is 4.98 Å². The first-order chi connectivity index (χ1) is 13.1. The van der Waals surface area contributed by atoms with Crippen LogP contribution in [0.3, 0.4) is 0 Å². The first-order valence-corrected chi connectivity index (χ1v) is 9.29. The van der Waals surface area contributed by atoms with Crippen LogP contribution in [0.2, 0.25) is 0 Å². The van der Waals surface area contributed by atoms with E-state index in [1.807, 2.05) is 19.1 Å². The number of amides is 1. The minimum Gasteiger partial charge on any atom is -0.494 e. The van der Waals surface area contributed by atoms with Gasteiger partial charge in [0.15, 0.2) is 0 Å². The molecule has 27 heavy (non-hydrogen) atoms. The highest BCUT2D eigenvalue weighted by Crippen LogP contribution is 2.34. The van der Waals surface area contributed by atoms with Crippen LogP contribution in [-0.4, -0.2) is 53.6 Å². The lowest BCUT2D eigenvalue weighted by Crippen LogP contribution is -2.37. The Morgan fingerprint density at radius 3 is 2.85 bits per heavy atom. The molecule has 1 saturated heterocycles. The van der Waals surface area contributed by atoms with Gasteiger partial charge >= 0.3 is 0 Å². The van der Waals surface area contributed by atoms with Gasteiger partial charge in [-0.15, -0.1) is 0 Å². The molecule has 3 N–H and O–H groups in total. The molecule has 142 valence electrons. The molecule has 2 aliphatic rings. The van der Waals surface area contributed by atoms with E-state index in [2.05, 4.69) is 37.9 Å². The summed E-state index contributed by atoms with van der Waals surface area (Å²) < 4.78 is 5.52. The van der Waals surface area contributed by atoms with Gasteiger partial charge in [0, 0.05) is 18.3 Å². The first-order valence-electron chi connectivity index (χ1n) is 9.29. The van der Waals surface area contributed by atoms with Crippen molar-refractivity contribution in [2.45, 2.75) is 25.8 Å². The van der Waals surface area contributed by atoms with Crippen molar-refractivity contribution in [1.82, 2.24) is 14.9 Å². The van der Waals surface area contributed by atoms with Gasteiger partial charge in [0.05, 0.1) is 18.0 Å². The zero-order valence-corrected chi connectivity index (χ0v) is 15.6. The third kappa shape index (κ3) is 3.80. The summed E-state index contributed by atoms with van der Waals surface area (Å²) in [6.45, 7) is 4.60. The van der Waals surface area contributed by atoms with Gasteiger partial charge in [0.2, 0.25) is 5.95 Å². The Morgan fingerprint density at radius 1 is 1.26 bits per heavy atom. The van der Waals surface area contributed by atoms with E-state index in [-0.39, 0.29) is 5.91 Å². The van der Waals surface area contributed by atoms with E-state index in [9.17, 15) is 4.79 Å². The van der Waals surface area contributed by atoms with Gasteiger partial charge < -0.3 is 25.6 Å². The smallest absolute Gasteiger partial charge is 0.261 e. The first kappa shape index (κ1) is 17.5. The Balaban J connectivity index is 1.57. The van der Waals surface area contributed by atoms with E-state index in [4.69, 9.17) is 4.74 Å². The summed E-state index contributed by atoms with van der Waals surface area (Å²) in [5.74, 6) is 1.51. The number of nitrogens with one attached hydrogen (secondary N) is 3. The summed E-state index contributed by atoms with van der Waals surface area (Å²) in [4.78, 5) is 23.8. The number of nitrogens with zero attached hydrogens (tertiary/aromatic N) is 3. The number of anilines is 4.